The lowest BCUT2D eigenvalue weighted by molar-refractivity contribution is 0.287. The van der Waals surface area contributed by atoms with E-state index in [-0.39, 0.29) is 0 Å². The average Bonchev–Trinajstić information content (AvgIpc) is 2.07. The van der Waals surface area contributed by atoms with Gasteiger partial charge in [-0.25, -0.2) is 0 Å². The van der Waals surface area contributed by atoms with Crippen LogP contribution in [0.4, 0.5) is 0 Å². The van der Waals surface area contributed by atoms with E-state index < -0.39 is 0 Å². The minimum Gasteiger partial charge on any atom is -0.507 e. The van der Waals surface area contributed by atoms with Crippen molar-refractivity contribution in [2.75, 3.05) is 6.61 Å². The van der Waals surface area contributed by atoms with E-state index in [1.807, 2.05) is 6.07 Å². The highest BCUT2D eigenvalue weighted by Crippen LogP contribution is 2.34. The number of hydrogen-bond donors (Lipinski definition) is 1. The third kappa shape index (κ3) is 1.29. The van der Waals surface area contributed by atoms with E-state index in [0.29, 0.717) is 10.2 Å². The minimum atomic E-state index is 0.291. The Kier molecular flexibility index (Phi) is 1.97. The van der Waals surface area contributed by atoms with Crippen molar-refractivity contribution in [3.63, 3.8) is 0 Å². The SMILES string of the molecule is Oc1cc2c(cc1Br)OCCC2. The first kappa shape index (κ1) is 7.92. The van der Waals surface area contributed by atoms with Crippen molar-refractivity contribution < 1.29 is 9.84 Å². The van der Waals surface area contributed by atoms with Gasteiger partial charge in [-0.1, -0.05) is 0 Å². The molecule has 0 amide bonds. The van der Waals surface area contributed by atoms with Gasteiger partial charge in [-0.05, 0) is 46.5 Å². The highest BCUT2D eigenvalue weighted by atomic mass is 79.9. The highest BCUT2D eigenvalue weighted by Gasteiger charge is 2.12. The van der Waals surface area contributed by atoms with E-state index in [1.54, 1.807) is 6.07 Å². The van der Waals surface area contributed by atoms with Crippen molar-refractivity contribution in [2.24, 2.45) is 0 Å². The van der Waals surface area contributed by atoms with Crippen molar-refractivity contribution in [3.8, 4) is 11.5 Å². The van der Waals surface area contributed by atoms with Crippen molar-refractivity contribution in [1.82, 2.24) is 0 Å². The van der Waals surface area contributed by atoms with Crippen LogP contribution in [-0.4, -0.2) is 11.7 Å². The van der Waals surface area contributed by atoms with E-state index in [4.69, 9.17) is 4.74 Å². The van der Waals surface area contributed by atoms with Gasteiger partial charge in [0.1, 0.15) is 11.5 Å². The number of fused-ring (bicyclic) bond motifs is 1. The van der Waals surface area contributed by atoms with Gasteiger partial charge in [-0.15, -0.1) is 0 Å². The average molecular weight is 229 g/mol. The Hall–Kier alpha value is -0.700. The first-order chi connectivity index (χ1) is 5.77. The number of hydrogen-bond acceptors (Lipinski definition) is 2. The molecular formula is C9H9BrO2. The molecule has 0 bridgehead atoms. The molecule has 2 nitrogen and oxygen atoms in total. The third-order valence-electron chi connectivity index (χ3n) is 1.98. The number of aryl methyl sites for hydroxylation is 1. The van der Waals surface area contributed by atoms with Crippen molar-refractivity contribution in [2.45, 2.75) is 12.8 Å². The second kappa shape index (κ2) is 2.98. The molecule has 0 saturated carbocycles. The van der Waals surface area contributed by atoms with E-state index in [0.717, 1.165) is 30.8 Å². The maximum absolute atomic E-state index is 9.37. The molecule has 1 heterocycles. The Bertz CT molecular complexity index is 279. The van der Waals surface area contributed by atoms with Crippen LogP contribution in [0.1, 0.15) is 12.0 Å². The quantitative estimate of drug-likeness (QED) is 0.740. The molecule has 2 rings (SSSR count). The normalized spacial score (nSPS) is 15.1. The van der Waals surface area contributed by atoms with Crippen LogP contribution in [0.3, 0.4) is 0 Å². The van der Waals surface area contributed by atoms with Crippen LogP contribution in [0, 0.1) is 0 Å². The molecule has 0 unspecified atom stereocenters. The predicted molar refractivity (Wildman–Crippen MR) is 49.6 cm³/mol. The number of phenolic OH excluding ortho intramolecular Hbond substituents is 1. The second-order valence-corrected chi connectivity index (χ2v) is 3.72. The largest absolute Gasteiger partial charge is 0.507 e. The molecule has 1 aliphatic rings. The van der Waals surface area contributed by atoms with Crippen LogP contribution < -0.4 is 4.74 Å². The number of aromatic hydroxyl groups is 1. The third-order valence-corrected chi connectivity index (χ3v) is 2.61. The molecule has 0 spiro atoms. The first-order valence-electron chi connectivity index (χ1n) is 3.91. The maximum Gasteiger partial charge on any atom is 0.130 e. The summed E-state index contributed by atoms with van der Waals surface area (Å²) < 4.78 is 6.12. The fourth-order valence-electron chi connectivity index (χ4n) is 1.36. The van der Waals surface area contributed by atoms with E-state index in [1.165, 1.54) is 0 Å². The summed E-state index contributed by atoms with van der Waals surface area (Å²) in [6, 6.07) is 3.59. The second-order valence-electron chi connectivity index (χ2n) is 2.86. The standard InChI is InChI=1S/C9H9BrO2/c10-7-5-9-6(4-8(7)11)2-1-3-12-9/h4-5,11H,1-3H2. The summed E-state index contributed by atoms with van der Waals surface area (Å²) in [6.45, 7) is 0.782. The van der Waals surface area contributed by atoms with Gasteiger partial charge in [0.25, 0.3) is 0 Å². The first-order valence-corrected chi connectivity index (χ1v) is 4.71. The Balaban J connectivity index is 2.49. The number of ether oxygens (including phenoxy) is 1. The minimum absolute atomic E-state index is 0.291. The monoisotopic (exact) mass is 228 g/mol. The molecule has 0 atom stereocenters. The lowest BCUT2D eigenvalue weighted by atomic mass is 10.1. The predicted octanol–water partition coefficient (Wildman–Crippen LogP) is 2.48. The van der Waals surface area contributed by atoms with Gasteiger partial charge in [-0.2, -0.15) is 0 Å². The summed E-state index contributed by atoms with van der Waals surface area (Å²) in [5, 5.41) is 9.37. The molecule has 0 radical (unpaired) electrons. The maximum atomic E-state index is 9.37. The van der Waals surface area contributed by atoms with Crippen molar-refractivity contribution in [1.29, 1.82) is 0 Å². The Morgan fingerprint density at radius 3 is 3.08 bits per heavy atom. The van der Waals surface area contributed by atoms with Gasteiger partial charge in [0.2, 0.25) is 0 Å². The Morgan fingerprint density at radius 2 is 2.25 bits per heavy atom. The van der Waals surface area contributed by atoms with Gasteiger partial charge in [-0.3, -0.25) is 0 Å². The van der Waals surface area contributed by atoms with Crippen LogP contribution in [0.2, 0.25) is 0 Å². The molecule has 0 aromatic heterocycles. The van der Waals surface area contributed by atoms with Gasteiger partial charge in [0.15, 0.2) is 0 Å². The van der Waals surface area contributed by atoms with Gasteiger partial charge < -0.3 is 9.84 Å². The number of rotatable bonds is 0. The Morgan fingerprint density at radius 1 is 1.42 bits per heavy atom. The number of phenols is 1. The molecule has 1 N–H and O–H groups in total. The van der Waals surface area contributed by atoms with Gasteiger partial charge in [0.05, 0.1) is 11.1 Å². The molecule has 0 fully saturated rings. The molecule has 64 valence electrons. The fourth-order valence-corrected chi connectivity index (χ4v) is 1.68. The lowest BCUT2D eigenvalue weighted by Crippen LogP contribution is -2.07. The zero-order chi connectivity index (χ0) is 8.55. The summed E-state index contributed by atoms with van der Waals surface area (Å²) in [5.74, 6) is 1.19. The molecule has 3 heteroatoms. The Labute approximate surface area is 79.3 Å². The molecule has 1 aromatic carbocycles. The van der Waals surface area contributed by atoms with Gasteiger partial charge in [0, 0.05) is 0 Å². The lowest BCUT2D eigenvalue weighted by Gasteiger charge is -2.17. The topological polar surface area (TPSA) is 29.5 Å². The van der Waals surface area contributed by atoms with E-state index >= 15 is 0 Å². The van der Waals surface area contributed by atoms with E-state index in [9.17, 15) is 5.11 Å². The summed E-state index contributed by atoms with van der Waals surface area (Å²) in [4.78, 5) is 0. The molecule has 12 heavy (non-hydrogen) atoms. The fraction of sp³-hybridized carbons (Fsp3) is 0.333. The van der Waals surface area contributed by atoms with Crippen LogP contribution in [0.25, 0.3) is 0 Å². The molecule has 1 aromatic rings. The van der Waals surface area contributed by atoms with Crippen LogP contribution in [-0.2, 0) is 6.42 Å². The molecular weight excluding hydrogens is 220 g/mol. The van der Waals surface area contributed by atoms with Crippen LogP contribution in [0.5, 0.6) is 11.5 Å². The smallest absolute Gasteiger partial charge is 0.130 e. The molecule has 1 aliphatic heterocycles. The van der Waals surface area contributed by atoms with Crippen LogP contribution in [0.15, 0.2) is 16.6 Å². The van der Waals surface area contributed by atoms with Crippen molar-refractivity contribution in [3.05, 3.63) is 22.2 Å². The van der Waals surface area contributed by atoms with Crippen molar-refractivity contribution >= 4 is 15.9 Å². The highest BCUT2D eigenvalue weighted by molar-refractivity contribution is 9.10. The zero-order valence-corrected chi connectivity index (χ0v) is 8.10. The summed E-state index contributed by atoms with van der Waals surface area (Å²) in [7, 11) is 0. The van der Waals surface area contributed by atoms with Gasteiger partial charge >= 0.3 is 0 Å². The molecule has 0 saturated heterocycles. The summed E-state index contributed by atoms with van der Waals surface area (Å²) in [5.41, 5.74) is 1.10. The van der Waals surface area contributed by atoms with E-state index in [2.05, 4.69) is 15.9 Å². The number of halogens is 1. The summed E-state index contributed by atoms with van der Waals surface area (Å²) >= 11 is 3.24. The zero-order valence-electron chi connectivity index (χ0n) is 6.51. The number of benzene rings is 1. The molecule has 0 aliphatic carbocycles. The summed E-state index contributed by atoms with van der Waals surface area (Å²) in [6.07, 6.45) is 2.03. The van der Waals surface area contributed by atoms with Crippen LogP contribution >= 0.6 is 15.9 Å².